The number of hydrogen-bond acceptors (Lipinski definition) is 3. The zero-order valence-corrected chi connectivity index (χ0v) is 20.2. The van der Waals surface area contributed by atoms with E-state index in [0.29, 0.717) is 18.7 Å². The van der Waals surface area contributed by atoms with Crippen LogP contribution in [0, 0.1) is 11.7 Å². The number of halogens is 1. The standard InChI is InChI=1S/C30H34FN3O/c31-28-16-8-7-14-26(28)22-32-17-9-15-27(23-32)30(35)34-20-18-33(19-21-34)29(24-10-3-1-4-11-24)25-12-5-2-6-13-25/h1-8,10-14,16,27,29H,9,15,17-23H2. The van der Waals surface area contributed by atoms with Crippen LogP contribution in [0.4, 0.5) is 4.39 Å². The van der Waals surface area contributed by atoms with Crippen molar-refractivity contribution in [2.75, 3.05) is 39.3 Å². The van der Waals surface area contributed by atoms with Gasteiger partial charge in [0.05, 0.1) is 12.0 Å². The number of piperidine rings is 1. The number of rotatable bonds is 6. The quantitative estimate of drug-likeness (QED) is 0.508. The van der Waals surface area contributed by atoms with Gasteiger partial charge in [0.15, 0.2) is 0 Å². The Labute approximate surface area is 208 Å². The molecule has 0 N–H and O–H groups in total. The SMILES string of the molecule is O=C(C1CCCN(Cc2ccccc2F)C1)N1CCN(C(c2ccccc2)c2ccccc2)CC1. The minimum atomic E-state index is -0.163. The molecule has 182 valence electrons. The van der Waals surface area contributed by atoms with E-state index in [9.17, 15) is 9.18 Å². The third kappa shape index (κ3) is 5.63. The molecule has 0 aromatic heterocycles. The van der Waals surface area contributed by atoms with Crippen LogP contribution in [0.15, 0.2) is 84.9 Å². The molecule has 1 amide bonds. The highest BCUT2D eigenvalue weighted by atomic mass is 19.1. The normalized spacial score (nSPS) is 19.7. The second-order valence-corrected chi connectivity index (χ2v) is 9.75. The highest BCUT2D eigenvalue weighted by Gasteiger charge is 2.33. The van der Waals surface area contributed by atoms with Crippen molar-refractivity contribution in [3.63, 3.8) is 0 Å². The maximum atomic E-state index is 14.1. The van der Waals surface area contributed by atoms with Gasteiger partial charge in [-0.3, -0.25) is 14.6 Å². The minimum absolute atomic E-state index is 0.00103. The Morgan fingerprint density at radius 2 is 1.40 bits per heavy atom. The van der Waals surface area contributed by atoms with Crippen molar-refractivity contribution in [2.45, 2.75) is 25.4 Å². The first kappa shape index (κ1) is 23.7. The number of carbonyl (C=O) groups is 1. The third-order valence-corrected chi connectivity index (χ3v) is 7.43. The second-order valence-electron chi connectivity index (χ2n) is 9.75. The molecule has 5 rings (SSSR count). The molecule has 2 aliphatic heterocycles. The maximum absolute atomic E-state index is 14.1. The second kappa shape index (κ2) is 11.1. The van der Waals surface area contributed by atoms with Gasteiger partial charge in [0.25, 0.3) is 0 Å². The van der Waals surface area contributed by atoms with E-state index >= 15 is 0 Å². The number of hydrogen-bond donors (Lipinski definition) is 0. The van der Waals surface area contributed by atoms with E-state index in [4.69, 9.17) is 0 Å². The van der Waals surface area contributed by atoms with E-state index in [1.54, 1.807) is 6.07 Å². The van der Waals surface area contributed by atoms with Gasteiger partial charge in [-0.15, -0.1) is 0 Å². The Morgan fingerprint density at radius 1 is 0.800 bits per heavy atom. The van der Waals surface area contributed by atoms with Crippen molar-refractivity contribution < 1.29 is 9.18 Å². The first-order chi connectivity index (χ1) is 17.2. The molecule has 2 heterocycles. The fourth-order valence-electron chi connectivity index (χ4n) is 5.61. The molecule has 3 aromatic rings. The Kier molecular flexibility index (Phi) is 7.55. The lowest BCUT2D eigenvalue weighted by Crippen LogP contribution is -2.53. The Bertz CT molecular complexity index is 1060. The molecule has 0 bridgehead atoms. The molecule has 2 saturated heterocycles. The van der Waals surface area contributed by atoms with Gasteiger partial charge in [-0.05, 0) is 36.6 Å². The summed E-state index contributed by atoms with van der Waals surface area (Å²) in [5.41, 5.74) is 3.28. The van der Waals surface area contributed by atoms with E-state index in [0.717, 1.165) is 45.6 Å². The third-order valence-electron chi connectivity index (χ3n) is 7.43. The predicted molar refractivity (Wildman–Crippen MR) is 137 cm³/mol. The smallest absolute Gasteiger partial charge is 0.227 e. The first-order valence-corrected chi connectivity index (χ1v) is 12.8. The number of nitrogens with zero attached hydrogens (tertiary/aromatic N) is 3. The Hall–Kier alpha value is -3.02. The van der Waals surface area contributed by atoms with Crippen LogP contribution in [0.1, 0.15) is 35.6 Å². The van der Waals surface area contributed by atoms with Gasteiger partial charge < -0.3 is 4.90 Å². The van der Waals surface area contributed by atoms with Crippen LogP contribution >= 0.6 is 0 Å². The minimum Gasteiger partial charge on any atom is -0.340 e. The molecule has 0 saturated carbocycles. The molecule has 0 spiro atoms. The topological polar surface area (TPSA) is 26.8 Å². The van der Waals surface area contributed by atoms with E-state index in [1.165, 1.54) is 17.2 Å². The van der Waals surface area contributed by atoms with Crippen LogP contribution in [0.3, 0.4) is 0 Å². The summed E-state index contributed by atoms with van der Waals surface area (Å²) in [4.78, 5) is 20.2. The highest BCUT2D eigenvalue weighted by molar-refractivity contribution is 5.79. The molecular weight excluding hydrogens is 437 g/mol. The molecule has 3 aromatic carbocycles. The van der Waals surface area contributed by atoms with Crippen molar-refractivity contribution in [3.8, 4) is 0 Å². The van der Waals surface area contributed by atoms with Crippen LogP contribution in [-0.2, 0) is 11.3 Å². The molecular formula is C30H34FN3O. The molecule has 2 fully saturated rings. The fourth-order valence-corrected chi connectivity index (χ4v) is 5.61. The van der Waals surface area contributed by atoms with Gasteiger partial charge in [-0.25, -0.2) is 4.39 Å². The molecule has 4 nitrogen and oxygen atoms in total. The summed E-state index contributed by atoms with van der Waals surface area (Å²) < 4.78 is 14.1. The van der Waals surface area contributed by atoms with E-state index in [2.05, 4.69) is 75.4 Å². The summed E-state index contributed by atoms with van der Waals surface area (Å²) in [5.74, 6) is 0.100. The molecule has 35 heavy (non-hydrogen) atoms. The molecule has 0 radical (unpaired) electrons. The average Bonchev–Trinajstić information content (AvgIpc) is 2.92. The van der Waals surface area contributed by atoms with E-state index in [1.807, 2.05) is 12.1 Å². The molecule has 2 aliphatic rings. The summed E-state index contributed by atoms with van der Waals surface area (Å²) in [6.07, 6.45) is 1.90. The van der Waals surface area contributed by atoms with Crippen LogP contribution in [0.2, 0.25) is 0 Å². The van der Waals surface area contributed by atoms with Crippen LogP contribution < -0.4 is 0 Å². The predicted octanol–water partition coefficient (Wildman–Crippen LogP) is 4.97. The number of likely N-dealkylation sites (tertiary alicyclic amines) is 1. The van der Waals surface area contributed by atoms with Crippen molar-refractivity contribution in [3.05, 3.63) is 107 Å². The van der Waals surface area contributed by atoms with Gasteiger partial charge in [0.1, 0.15) is 5.82 Å². The zero-order valence-electron chi connectivity index (χ0n) is 20.2. The van der Waals surface area contributed by atoms with E-state index < -0.39 is 0 Å². The Balaban J connectivity index is 1.21. The van der Waals surface area contributed by atoms with Gasteiger partial charge in [-0.2, -0.15) is 0 Å². The van der Waals surface area contributed by atoms with Gasteiger partial charge >= 0.3 is 0 Å². The number of carbonyl (C=O) groups excluding carboxylic acids is 1. The first-order valence-electron chi connectivity index (χ1n) is 12.8. The van der Waals surface area contributed by atoms with Gasteiger partial charge in [0.2, 0.25) is 5.91 Å². The molecule has 1 atom stereocenters. The fraction of sp³-hybridized carbons (Fsp3) is 0.367. The van der Waals surface area contributed by atoms with Crippen molar-refractivity contribution >= 4 is 5.91 Å². The maximum Gasteiger partial charge on any atom is 0.227 e. The monoisotopic (exact) mass is 471 g/mol. The lowest BCUT2D eigenvalue weighted by atomic mass is 9.94. The van der Waals surface area contributed by atoms with Crippen molar-refractivity contribution in [1.29, 1.82) is 0 Å². The summed E-state index contributed by atoms with van der Waals surface area (Å²) in [5, 5.41) is 0. The van der Waals surface area contributed by atoms with E-state index in [-0.39, 0.29) is 23.7 Å². The summed E-state index contributed by atoms with van der Waals surface area (Å²) in [7, 11) is 0. The average molecular weight is 472 g/mol. The molecule has 5 heteroatoms. The zero-order chi connectivity index (χ0) is 24.0. The number of amides is 1. The lowest BCUT2D eigenvalue weighted by Gasteiger charge is -2.42. The summed E-state index contributed by atoms with van der Waals surface area (Å²) in [6.45, 7) is 5.40. The van der Waals surface area contributed by atoms with Crippen LogP contribution in [0.25, 0.3) is 0 Å². The lowest BCUT2D eigenvalue weighted by molar-refractivity contribution is -0.139. The van der Waals surface area contributed by atoms with Crippen molar-refractivity contribution in [1.82, 2.24) is 14.7 Å². The number of benzene rings is 3. The van der Waals surface area contributed by atoms with Gasteiger partial charge in [-0.1, -0.05) is 78.9 Å². The van der Waals surface area contributed by atoms with Crippen molar-refractivity contribution in [2.24, 2.45) is 5.92 Å². The molecule has 1 unspecified atom stereocenters. The van der Waals surface area contributed by atoms with Crippen LogP contribution in [0.5, 0.6) is 0 Å². The number of piperazine rings is 1. The van der Waals surface area contributed by atoms with Gasteiger partial charge in [0, 0.05) is 44.8 Å². The summed E-state index contributed by atoms with van der Waals surface area (Å²) >= 11 is 0. The van der Waals surface area contributed by atoms with Crippen LogP contribution in [-0.4, -0.2) is 59.9 Å². The highest BCUT2D eigenvalue weighted by Crippen LogP contribution is 2.30. The Morgan fingerprint density at radius 3 is 2.03 bits per heavy atom. The largest absolute Gasteiger partial charge is 0.340 e. The molecule has 0 aliphatic carbocycles. The summed E-state index contributed by atoms with van der Waals surface area (Å²) in [6, 6.07) is 28.4.